The van der Waals surface area contributed by atoms with Gasteiger partial charge in [0.25, 0.3) is 0 Å². The molecule has 7 nitrogen and oxygen atoms in total. The molecule has 0 radical (unpaired) electrons. The predicted molar refractivity (Wildman–Crippen MR) is 132 cm³/mol. The normalized spacial score (nSPS) is 17.7. The first-order chi connectivity index (χ1) is 16.4. The number of carboxylic acid groups (broad SMARTS) is 1. The maximum atomic E-state index is 11.5. The first-order valence-corrected chi connectivity index (χ1v) is 11.4. The molecule has 172 valence electrons. The lowest BCUT2D eigenvalue weighted by molar-refractivity contribution is 0.0697. The van der Waals surface area contributed by atoms with Gasteiger partial charge in [-0.2, -0.15) is 0 Å². The SMILES string of the molecule is Cc1cc(C2C(c3ccccn3)NC(=S)N2Cc2ccco2)c(C)n1-c1cccc(C(=O)O)c1. The van der Waals surface area contributed by atoms with Crippen LogP contribution in [0.3, 0.4) is 0 Å². The van der Waals surface area contributed by atoms with E-state index in [9.17, 15) is 9.90 Å². The molecule has 0 amide bonds. The van der Waals surface area contributed by atoms with E-state index in [1.54, 1.807) is 30.7 Å². The van der Waals surface area contributed by atoms with Crippen LogP contribution in [0.2, 0.25) is 0 Å². The lowest BCUT2D eigenvalue weighted by atomic mass is 9.96. The van der Waals surface area contributed by atoms with Crippen molar-refractivity contribution in [1.29, 1.82) is 0 Å². The standard InChI is InChI=1S/C26H24N4O3S/c1-16-13-21(17(2)30(16)19-8-5-7-18(14-19)25(31)32)24-23(22-10-3-4-11-27-22)28-26(34)29(24)15-20-9-6-12-33-20/h3-14,23-24H,15H2,1-2H3,(H,28,34)(H,31,32). The Morgan fingerprint density at radius 2 is 2.00 bits per heavy atom. The molecule has 4 aromatic rings. The van der Waals surface area contributed by atoms with E-state index in [1.165, 1.54) is 0 Å². The molecule has 2 unspecified atom stereocenters. The highest BCUT2D eigenvalue weighted by molar-refractivity contribution is 7.80. The zero-order valence-corrected chi connectivity index (χ0v) is 19.6. The highest BCUT2D eigenvalue weighted by atomic mass is 32.1. The van der Waals surface area contributed by atoms with Crippen molar-refractivity contribution < 1.29 is 14.3 Å². The van der Waals surface area contributed by atoms with Crippen molar-refractivity contribution >= 4 is 23.3 Å². The summed E-state index contributed by atoms with van der Waals surface area (Å²) in [6.45, 7) is 4.60. The summed E-state index contributed by atoms with van der Waals surface area (Å²) in [7, 11) is 0. The van der Waals surface area contributed by atoms with Crippen molar-refractivity contribution in [3.8, 4) is 5.69 Å². The molecule has 0 saturated carbocycles. The van der Waals surface area contributed by atoms with Crippen LogP contribution in [0.5, 0.6) is 0 Å². The van der Waals surface area contributed by atoms with E-state index in [1.807, 2.05) is 43.3 Å². The van der Waals surface area contributed by atoms with E-state index in [4.69, 9.17) is 16.6 Å². The van der Waals surface area contributed by atoms with Crippen LogP contribution < -0.4 is 5.32 Å². The number of aromatic carboxylic acids is 1. The van der Waals surface area contributed by atoms with Gasteiger partial charge in [0.05, 0.1) is 36.1 Å². The van der Waals surface area contributed by atoms with Crippen LogP contribution in [0, 0.1) is 13.8 Å². The highest BCUT2D eigenvalue weighted by Crippen LogP contribution is 2.42. The molecule has 1 aliphatic rings. The van der Waals surface area contributed by atoms with Gasteiger partial charge < -0.3 is 24.3 Å². The van der Waals surface area contributed by atoms with Crippen molar-refractivity contribution in [1.82, 2.24) is 19.8 Å². The quantitative estimate of drug-likeness (QED) is 0.384. The van der Waals surface area contributed by atoms with Crippen molar-refractivity contribution in [2.24, 2.45) is 0 Å². The molecule has 5 rings (SSSR count). The number of thiocarbonyl (C=S) groups is 1. The first kappa shape index (κ1) is 21.9. The molecule has 1 aromatic carbocycles. The van der Waals surface area contributed by atoms with Crippen LogP contribution in [0.1, 0.15) is 50.8 Å². The topological polar surface area (TPSA) is 83.5 Å². The summed E-state index contributed by atoms with van der Waals surface area (Å²) in [5.41, 5.74) is 5.07. The van der Waals surface area contributed by atoms with Crippen LogP contribution in [0.25, 0.3) is 5.69 Å². The highest BCUT2D eigenvalue weighted by Gasteiger charge is 2.41. The van der Waals surface area contributed by atoms with E-state index in [0.717, 1.165) is 34.1 Å². The van der Waals surface area contributed by atoms with Gasteiger partial charge in [0, 0.05) is 23.3 Å². The van der Waals surface area contributed by atoms with E-state index in [0.29, 0.717) is 11.7 Å². The molecule has 2 atom stereocenters. The van der Waals surface area contributed by atoms with Gasteiger partial charge in [-0.3, -0.25) is 4.98 Å². The van der Waals surface area contributed by atoms with Crippen LogP contribution in [0.4, 0.5) is 0 Å². The summed E-state index contributed by atoms with van der Waals surface area (Å²) in [4.78, 5) is 18.3. The third kappa shape index (κ3) is 3.86. The van der Waals surface area contributed by atoms with Gasteiger partial charge in [-0.25, -0.2) is 4.79 Å². The van der Waals surface area contributed by atoms with Crippen molar-refractivity contribution in [2.45, 2.75) is 32.5 Å². The molecule has 34 heavy (non-hydrogen) atoms. The Kier molecular flexibility index (Phi) is 5.67. The minimum Gasteiger partial charge on any atom is -0.478 e. The molecular formula is C26H24N4O3S. The number of carbonyl (C=O) groups is 1. The number of pyridine rings is 1. The number of rotatable bonds is 6. The predicted octanol–water partition coefficient (Wildman–Crippen LogP) is 4.95. The van der Waals surface area contributed by atoms with Gasteiger partial charge in [-0.15, -0.1) is 0 Å². The minimum absolute atomic E-state index is 0.130. The Balaban J connectivity index is 1.62. The number of benzene rings is 1. The Morgan fingerprint density at radius 3 is 2.71 bits per heavy atom. The Morgan fingerprint density at radius 1 is 1.15 bits per heavy atom. The molecule has 0 bridgehead atoms. The summed E-state index contributed by atoms with van der Waals surface area (Å²) in [5, 5.41) is 13.6. The maximum Gasteiger partial charge on any atom is 0.335 e. The molecule has 1 aliphatic heterocycles. The van der Waals surface area contributed by atoms with Gasteiger partial charge in [-0.05, 0) is 80.2 Å². The first-order valence-electron chi connectivity index (χ1n) is 11.0. The monoisotopic (exact) mass is 472 g/mol. The second-order valence-corrected chi connectivity index (χ2v) is 8.74. The van der Waals surface area contributed by atoms with Gasteiger partial charge >= 0.3 is 5.97 Å². The summed E-state index contributed by atoms with van der Waals surface area (Å²) in [5.74, 6) is -0.131. The van der Waals surface area contributed by atoms with Crippen LogP contribution in [-0.4, -0.2) is 30.6 Å². The Bertz CT molecular complexity index is 1350. The number of hydrogen-bond donors (Lipinski definition) is 2. The van der Waals surface area contributed by atoms with Crippen LogP contribution in [0.15, 0.2) is 77.5 Å². The van der Waals surface area contributed by atoms with Crippen molar-refractivity contribution in [2.75, 3.05) is 0 Å². The van der Waals surface area contributed by atoms with Gasteiger partial charge in [0.15, 0.2) is 5.11 Å². The smallest absolute Gasteiger partial charge is 0.335 e. The summed E-state index contributed by atoms with van der Waals surface area (Å²) in [6, 6.07) is 18.5. The zero-order valence-electron chi connectivity index (χ0n) is 18.8. The fourth-order valence-electron chi connectivity index (χ4n) is 4.75. The second-order valence-electron chi connectivity index (χ2n) is 8.35. The van der Waals surface area contributed by atoms with E-state index in [2.05, 4.69) is 32.8 Å². The largest absolute Gasteiger partial charge is 0.478 e. The third-order valence-corrected chi connectivity index (χ3v) is 6.60. The number of aromatic nitrogens is 2. The fraction of sp³-hybridized carbons (Fsp3) is 0.192. The molecule has 2 N–H and O–H groups in total. The molecular weight excluding hydrogens is 448 g/mol. The molecule has 1 saturated heterocycles. The van der Waals surface area contributed by atoms with Crippen LogP contribution in [-0.2, 0) is 6.54 Å². The second kappa shape index (κ2) is 8.79. The van der Waals surface area contributed by atoms with Gasteiger partial charge in [0.2, 0.25) is 0 Å². The number of nitrogens with zero attached hydrogens (tertiary/aromatic N) is 3. The summed E-state index contributed by atoms with van der Waals surface area (Å²) < 4.78 is 7.71. The van der Waals surface area contributed by atoms with Gasteiger partial charge in [0.1, 0.15) is 5.76 Å². The maximum absolute atomic E-state index is 11.5. The number of furan rings is 1. The summed E-state index contributed by atoms with van der Waals surface area (Å²) >= 11 is 5.76. The third-order valence-electron chi connectivity index (χ3n) is 6.24. The molecule has 8 heteroatoms. The lowest BCUT2D eigenvalue weighted by Gasteiger charge is -2.27. The zero-order chi connectivity index (χ0) is 23.8. The van der Waals surface area contributed by atoms with Crippen molar-refractivity contribution in [3.63, 3.8) is 0 Å². The van der Waals surface area contributed by atoms with E-state index in [-0.39, 0.29) is 17.6 Å². The molecule has 4 heterocycles. The average molecular weight is 473 g/mol. The molecule has 1 fully saturated rings. The number of carboxylic acids is 1. The van der Waals surface area contributed by atoms with E-state index >= 15 is 0 Å². The number of nitrogens with one attached hydrogen (secondary N) is 1. The van der Waals surface area contributed by atoms with Crippen LogP contribution >= 0.6 is 12.2 Å². The fourth-order valence-corrected chi connectivity index (χ4v) is 5.05. The Hall–Kier alpha value is -3.91. The average Bonchev–Trinajstić information content (AvgIpc) is 3.53. The van der Waals surface area contributed by atoms with Crippen molar-refractivity contribution in [3.05, 3.63) is 107 Å². The van der Waals surface area contributed by atoms with E-state index < -0.39 is 5.97 Å². The molecule has 0 aliphatic carbocycles. The van der Waals surface area contributed by atoms with Gasteiger partial charge in [-0.1, -0.05) is 12.1 Å². The number of hydrogen-bond acceptors (Lipinski definition) is 4. The Labute approximate surface area is 202 Å². The number of aryl methyl sites for hydroxylation is 1. The summed E-state index contributed by atoms with van der Waals surface area (Å²) in [6.07, 6.45) is 3.45. The molecule has 3 aromatic heterocycles. The molecule has 0 spiro atoms. The minimum atomic E-state index is -0.949. The lowest BCUT2D eigenvalue weighted by Crippen LogP contribution is -2.29.